The highest BCUT2D eigenvalue weighted by Crippen LogP contribution is 2.38. The third kappa shape index (κ3) is 1.35. The van der Waals surface area contributed by atoms with Gasteiger partial charge in [-0.2, -0.15) is 0 Å². The Labute approximate surface area is 92.3 Å². The van der Waals surface area contributed by atoms with Gasteiger partial charge < -0.3 is 0 Å². The Morgan fingerprint density at radius 3 is 2.40 bits per heavy atom. The van der Waals surface area contributed by atoms with Gasteiger partial charge in [-0.15, -0.1) is 0 Å². The van der Waals surface area contributed by atoms with Gasteiger partial charge >= 0.3 is 0 Å². The van der Waals surface area contributed by atoms with Crippen molar-refractivity contribution in [1.29, 1.82) is 0 Å². The van der Waals surface area contributed by atoms with E-state index >= 15 is 0 Å². The molecule has 2 heteroatoms. The minimum absolute atomic E-state index is 0.193. The van der Waals surface area contributed by atoms with Gasteiger partial charge in [0.05, 0.1) is 0 Å². The summed E-state index contributed by atoms with van der Waals surface area (Å²) in [6, 6.07) is 10.7. The number of hydrogen-bond donors (Lipinski definition) is 0. The standard InChI is InChI=1S/C13H8ClF/c14-10-3-1-8-5-9-2-4-11(15)7-13(9)12(8)6-10/h1-4,6-7H,5H2. The lowest BCUT2D eigenvalue weighted by Gasteiger charge is -2.01. The number of hydrogen-bond acceptors (Lipinski definition) is 0. The van der Waals surface area contributed by atoms with E-state index in [-0.39, 0.29) is 5.82 Å². The lowest BCUT2D eigenvalue weighted by molar-refractivity contribution is 0.628. The molecular formula is C13H8ClF. The maximum atomic E-state index is 13.1. The van der Waals surface area contributed by atoms with Gasteiger partial charge in [0.1, 0.15) is 5.82 Å². The van der Waals surface area contributed by atoms with Crippen LogP contribution in [0, 0.1) is 5.82 Å². The van der Waals surface area contributed by atoms with Crippen LogP contribution in [0.5, 0.6) is 0 Å². The van der Waals surface area contributed by atoms with E-state index in [9.17, 15) is 4.39 Å². The highest BCUT2D eigenvalue weighted by atomic mass is 35.5. The first-order valence-corrected chi connectivity index (χ1v) is 5.19. The van der Waals surface area contributed by atoms with Crippen molar-refractivity contribution < 1.29 is 4.39 Å². The van der Waals surface area contributed by atoms with E-state index in [4.69, 9.17) is 11.6 Å². The van der Waals surface area contributed by atoms with Crippen LogP contribution in [0.2, 0.25) is 5.02 Å². The molecule has 0 saturated heterocycles. The van der Waals surface area contributed by atoms with Crippen LogP contribution in [0.4, 0.5) is 4.39 Å². The molecule has 2 aromatic rings. The molecule has 1 aliphatic rings. The van der Waals surface area contributed by atoms with E-state index in [0.717, 1.165) is 17.5 Å². The molecule has 74 valence electrons. The van der Waals surface area contributed by atoms with E-state index in [0.29, 0.717) is 5.02 Å². The highest BCUT2D eigenvalue weighted by molar-refractivity contribution is 6.31. The van der Waals surface area contributed by atoms with Gasteiger partial charge in [0, 0.05) is 5.02 Å². The molecule has 0 amide bonds. The van der Waals surface area contributed by atoms with Crippen LogP contribution in [0.3, 0.4) is 0 Å². The van der Waals surface area contributed by atoms with Crippen molar-refractivity contribution in [2.45, 2.75) is 6.42 Å². The molecular weight excluding hydrogens is 211 g/mol. The van der Waals surface area contributed by atoms with Gasteiger partial charge in [-0.1, -0.05) is 23.7 Å². The lowest BCUT2D eigenvalue weighted by atomic mass is 10.1. The molecule has 15 heavy (non-hydrogen) atoms. The number of benzene rings is 2. The molecule has 0 aromatic heterocycles. The van der Waals surface area contributed by atoms with Crippen molar-refractivity contribution in [3.8, 4) is 11.1 Å². The zero-order valence-electron chi connectivity index (χ0n) is 7.93. The maximum absolute atomic E-state index is 13.1. The monoisotopic (exact) mass is 218 g/mol. The van der Waals surface area contributed by atoms with Gasteiger partial charge in [0.25, 0.3) is 0 Å². The van der Waals surface area contributed by atoms with Crippen LogP contribution in [0.25, 0.3) is 11.1 Å². The zero-order chi connectivity index (χ0) is 10.4. The van der Waals surface area contributed by atoms with Crippen molar-refractivity contribution in [1.82, 2.24) is 0 Å². The fourth-order valence-corrected chi connectivity index (χ4v) is 2.28. The number of fused-ring (bicyclic) bond motifs is 3. The van der Waals surface area contributed by atoms with Crippen molar-refractivity contribution in [3.63, 3.8) is 0 Å². The topological polar surface area (TPSA) is 0 Å². The molecule has 0 atom stereocenters. The number of rotatable bonds is 0. The Kier molecular flexibility index (Phi) is 1.83. The van der Waals surface area contributed by atoms with Crippen LogP contribution in [0.1, 0.15) is 11.1 Å². The second-order valence-electron chi connectivity index (χ2n) is 3.78. The first kappa shape index (κ1) is 8.93. The van der Waals surface area contributed by atoms with E-state index in [1.54, 1.807) is 6.07 Å². The summed E-state index contributed by atoms with van der Waals surface area (Å²) in [6.45, 7) is 0. The molecule has 3 rings (SSSR count). The highest BCUT2D eigenvalue weighted by Gasteiger charge is 2.18. The molecule has 0 nitrogen and oxygen atoms in total. The summed E-state index contributed by atoms with van der Waals surface area (Å²) in [4.78, 5) is 0. The van der Waals surface area contributed by atoms with Crippen LogP contribution in [-0.2, 0) is 6.42 Å². The van der Waals surface area contributed by atoms with Gasteiger partial charge in [-0.25, -0.2) is 4.39 Å². The molecule has 2 aromatic carbocycles. The maximum Gasteiger partial charge on any atom is 0.123 e. The molecule has 0 aliphatic heterocycles. The molecule has 0 saturated carbocycles. The third-order valence-corrected chi connectivity index (χ3v) is 3.05. The fraction of sp³-hybridized carbons (Fsp3) is 0.0769. The predicted molar refractivity (Wildman–Crippen MR) is 59.7 cm³/mol. The Morgan fingerprint density at radius 1 is 0.933 bits per heavy atom. The molecule has 0 N–H and O–H groups in total. The Balaban J connectivity index is 2.28. The molecule has 0 bridgehead atoms. The summed E-state index contributed by atoms with van der Waals surface area (Å²) in [7, 11) is 0. The lowest BCUT2D eigenvalue weighted by Crippen LogP contribution is -1.80. The number of halogens is 2. The van der Waals surface area contributed by atoms with Crippen molar-refractivity contribution in [2.24, 2.45) is 0 Å². The van der Waals surface area contributed by atoms with Crippen molar-refractivity contribution >= 4 is 11.6 Å². The summed E-state index contributed by atoms with van der Waals surface area (Å²) in [6.07, 6.45) is 0.877. The summed E-state index contributed by atoms with van der Waals surface area (Å²) in [5.74, 6) is -0.193. The zero-order valence-corrected chi connectivity index (χ0v) is 8.68. The fourth-order valence-electron chi connectivity index (χ4n) is 2.11. The first-order valence-electron chi connectivity index (χ1n) is 4.81. The summed E-state index contributed by atoms with van der Waals surface area (Å²) < 4.78 is 13.1. The van der Waals surface area contributed by atoms with Crippen LogP contribution < -0.4 is 0 Å². The van der Waals surface area contributed by atoms with E-state index in [1.165, 1.54) is 17.2 Å². The minimum atomic E-state index is -0.193. The second-order valence-corrected chi connectivity index (χ2v) is 4.22. The Bertz CT molecular complexity index is 497. The molecule has 0 spiro atoms. The van der Waals surface area contributed by atoms with E-state index < -0.39 is 0 Å². The van der Waals surface area contributed by atoms with Crippen molar-refractivity contribution in [2.75, 3.05) is 0 Å². The van der Waals surface area contributed by atoms with Crippen LogP contribution >= 0.6 is 11.6 Å². The van der Waals surface area contributed by atoms with Gasteiger partial charge in [-0.3, -0.25) is 0 Å². The minimum Gasteiger partial charge on any atom is -0.207 e. The van der Waals surface area contributed by atoms with E-state index in [1.807, 2.05) is 24.3 Å². The van der Waals surface area contributed by atoms with Crippen molar-refractivity contribution in [3.05, 3.63) is 58.4 Å². The molecule has 0 heterocycles. The Morgan fingerprint density at radius 2 is 1.60 bits per heavy atom. The summed E-state index contributed by atoms with van der Waals surface area (Å²) >= 11 is 5.94. The normalized spacial score (nSPS) is 12.4. The van der Waals surface area contributed by atoms with Crippen LogP contribution in [-0.4, -0.2) is 0 Å². The van der Waals surface area contributed by atoms with Gasteiger partial charge in [0.2, 0.25) is 0 Å². The molecule has 1 aliphatic carbocycles. The summed E-state index contributed by atoms with van der Waals surface area (Å²) in [5, 5.41) is 0.700. The molecule has 0 radical (unpaired) electrons. The molecule has 0 fully saturated rings. The first-order chi connectivity index (χ1) is 7.24. The molecule has 0 unspecified atom stereocenters. The van der Waals surface area contributed by atoms with Gasteiger partial charge in [0.15, 0.2) is 0 Å². The van der Waals surface area contributed by atoms with Gasteiger partial charge in [-0.05, 0) is 52.9 Å². The largest absolute Gasteiger partial charge is 0.207 e. The smallest absolute Gasteiger partial charge is 0.123 e. The van der Waals surface area contributed by atoms with Crippen LogP contribution in [0.15, 0.2) is 36.4 Å². The quantitative estimate of drug-likeness (QED) is 0.534. The van der Waals surface area contributed by atoms with E-state index in [2.05, 4.69) is 0 Å². The average molecular weight is 219 g/mol. The SMILES string of the molecule is Fc1ccc2c(c1)-c1cc(Cl)ccc1C2. The summed E-state index contributed by atoms with van der Waals surface area (Å²) in [5.41, 5.74) is 4.44. The average Bonchev–Trinajstić information content (AvgIpc) is 2.56. The second kappa shape index (κ2) is 3.07. The predicted octanol–water partition coefficient (Wildman–Crippen LogP) is 4.05. The Hall–Kier alpha value is -1.34. The third-order valence-electron chi connectivity index (χ3n) is 2.81.